The van der Waals surface area contributed by atoms with Crippen LogP contribution in [-0.2, 0) is 16.0 Å². The second-order valence-electron chi connectivity index (χ2n) is 10.6. The molecule has 0 bridgehead atoms. The third-order valence-corrected chi connectivity index (χ3v) is 7.36. The van der Waals surface area contributed by atoms with Crippen molar-refractivity contribution in [3.63, 3.8) is 0 Å². The fourth-order valence-electron chi connectivity index (χ4n) is 5.27. The summed E-state index contributed by atoms with van der Waals surface area (Å²) < 4.78 is 32.6. The molecule has 1 aliphatic heterocycles. The number of carboxylic acid groups (broad SMARTS) is 1. The van der Waals surface area contributed by atoms with E-state index in [1.807, 2.05) is 37.3 Å². The standard InChI is InChI=1S/C32H32FNO5/c1-4-5-22(16-30(35)36)21-6-8-23(9-7-21)39-28-14-11-26-25(10-13-27(33)31(26)28)24-12-15-29(34-20(24)2)38-19-32(3)17-37-18-32/h6-10,12-13,15,22,28H,11,14,16-19H2,1-3H3,(H,35,36)/t22-,28+/m0/s1. The van der Waals surface area contributed by atoms with E-state index in [1.54, 1.807) is 19.1 Å². The van der Waals surface area contributed by atoms with Crippen LogP contribution in [0.2, 0.25) is 0 Å². The zero-order chi connectivity index (χ0) is 27.6. The number of hydrogen-bond acceptors (Lipinski definition) is 5. The second-order valence-corrected chi connectivity index (χ2v) is 10.6. The van der Waals surface area contributed by atoms with E-state index in [-0.39, 0.29) is 17.7 Å². The van der Waals surface area contributed by atoms with Crippen molar-refractivity contribution in [1.82, 2.24) is 4.98 Å². The highest BCUT2D eigenvalue weighted by molar-refractivity contribution is 5.72. The molecule has 0 unspecified atom stereocenters. The lowest BCUT2D eigenvalue weighted by atomic mass is 9.90. The van der Waals surface area contributed by atoms with Crippen LogP contribution in [0.3, 0.4) is 0 Å². The van der Waals surface area contributed by atoms with Gasteiger partial charge in [0.2, 0.25) is 5.88 Å². The molecule has 1 aromatic heterocycles. The Morgan fingerprint density at radius 3 is 2.56 bits per heavy atom. The molecular weight excluding hydrogens is 497 g/mol. The number of rotatable bonds is 9. The van der Waals surface area contributed by atoms with Crippen LogP contribution < -0.4 is 9.47 Å². The van der Waals surface area contributed by atoms with Crippen molar-refractivity contribution in [3.05, 3.63) is 76.7 Å². The molecule has 2 heterocycles. The third-order valence-electron chi connectivity index (χ3n) is 7.36. The Bertz CT molecular complexity index is 1440. The number of carbonyl (C=O) groups is 1. The Kier molecular flexibility index (Phi) is 7.58. The maximum atomic E-state index is 15.1. The summed E-state index contributed by atoms with van der Waals surface area (Å²) in [5, 5.41) is 9.19. The lowest BCUT2D eigenvalue weighted by Gasteiger charge is -2.37. The van der Waals surface area contributed by atoms with Crippen LogP contribution in [-0.4, -0.2) is 35.9 Å². The van der Waals surface area contributed by atoms with Gasteiger partial charge in [0, 0.05) is 28.3 Å². The largest absolute Gasteiger partial charge is 0.486 e. The normalized spacial score (nSPS) is 17.8. The van der Waals surface area contributed by atoms with Gasteiger partial charge in [-0.2, -0.15) is 0 Å². The molecule has 1 N–H and O–H groups in total. The van der Waals surface area contributed by atoms with Gasteiger partial charge in [-0.1, -0.05) is 31.0 Å². The number of benzene rings is 2. The summed E-state index contributed by atoms with van der Waals surface area (Å²) in [6.45, 7) is 7.70. The number of fused-ring (bicyclic) bond motifs is 1. The van der Waals surface area contributed by atoms with Gasteiger partial charge in [0.1, 0.15) is 17.7 Å². The lowest BCUT2D eigenvalue weighted by Crippen LogP contribution is -2.44. The van der Waals surface area contributed by atoms with Crippen LogP contribution in [0.25, 0.3) is 11.1 Å². The Balaban J connectivity index is 1.34. The number of aryl methyl sites for hydroxylation is 1. The summed E-state index contributed by atoms with van der Waals surface area (Å²) in [4.78, 5) is 15.9. The van der Waals surface area contributed by atoms with Crippen LogP contribution in [0.1, 0.15) is 61.1 Å². The molecule has 1 fully saturated rings. The maximum Gasteiger partial charge on any atom is 0.304 e. The van der Waals surface area contributed by atoms with E-state index in [2.05, 4.69) is 23.7 Å². The van der Waals surface area contributed by atoms with Crippen molar-refractivity contribution in [2.45, 2.75) is 52.1 Å². The molecule has 0 amide bonds. The van der Waals surface area contributed by atoms with E-state index in [1.165, 1.54) is 6.07 Å². The molecule has 3 aromatic rings. The minimum atomic E-state index is -0.900. The van der Waals surface area contributed by atoms with Gasteiger partial charge in [-0.25, -0.2) is 9.37 Å². The number of aliphatic carboxylic acids is 1. The molecular formula is C32H32FNO5. The van der Waals surface area contributed by atoms with Crippen LogP contribution in [0, 0.1) is 30.0 Å². The predicted molar refractivity (Wildman–Crippen MR) is 145 cm³/mol. The maximum absolute atomic E-state index is 15.1. The first-order valence-electron chi connectivity index (χ1n) is 13.2. The molecule has 0 saturated carbocycles. The Hall–Kier alpha value is -3.89. The molecule has 0 spiro atoms. The summed E-state index contributed by atoms with van der Waals surface area (Å²) in [5.41, 5.74) is 5.09. The summed E-state index contributed by atoms with van der Waals surface area (Å²) in [5.74, 6) is 5.35. The van der Waals surface area contributed by atoms with Gasteiger partial charge in [-0.05, 0) is 67.6 Å². The monoisotopic (exact) mass is 529 g/mol. The lowest BCUT2D eigenvalue weighted by molar-refractivity contribution is -0.137. The molecule has 7 heteroatoms. The second kappa shape index (κ2) is 11.1. The van der Waals surface area contributed by atoms with Crippen molar-refractivity contribution < 1.29 is 28.5 Å². The molecule has 6 nitrogen and oxygen atoms in total. The number of halogens is 1. The fourth-order valence-corrected chi connectivity index (χ4v) is 5.27. The summed E-state index contributed by atoms with van der Waals surface area (Å²) in [6.07, 6.45) is 0.856. The highest BCUT2D eigenvalue weighted by Crippen LogP contribution is 2.42. The van der Waals surface area contributed by atoms with Crippen LogP contribution in [0.4, 0.5) is 4.39 Å². The average Bonchev–Trinajstić information content (AvgIpc) is 3.31. The van der Waals surface area contributed by atoms with Crippen LogP contribution >= 0.6 is 0 Å². The minimum Gasteiger partial charge on any atom is -0.486 e. The van der Waals surface area contributed by atoms with Crippen molar-refractivity contribution in [2.75, 3.05) is 19.8 Å². The molecule has 5 rings (SSSR count). The SMILES string of the molecule is CC#C[C@@H](CC(=O)O)c1ccc(O[C@@H]2CCc3c(-c4ccc(OCC5(C)COC5)nc4C)ccc(F)c32)cc1. The number of hydrogen-bond donors (Lipinski definition) is 1. The van der Waals surface area contributed by atoms with E-state index >= 15 is 4.39 Å². The van der Waals surface area contributed by atoms with Gasteiger partial charge in [0.25, 0.3) is 0 Å². The van der Waals surface area contributed by atoms with Gasteiger partial charge in [-0.3, -0.25) is 4.79 Å². The zero-order valence-electron chi connectivity index (χ0n) is 22.4. The zero-order valence-corrected chi connectivity index (χ0v) is 22.4. The first-order chi connectivity index (χ1) is 18.8. The molecule has 1 saturated heterocycles. The Morgan fingerprint density at radius 2 is 1.92 bits per heavy atom. The van der Waals surface area contributed by atoms with Gasteiger partial charge in [0.15, 0.2) is 0 Å². The highest BCUT2D eigenvalue weighted by Gasteiger charge is 2.34. The fraction of sp³-hybridized carbons (Fsp3) is 0.375. The Labute approximate surface area is 228 Å². The number of pyridine rings is 1. The van der Waals surface area contributed by atoms with Crippen molar-refractivity contribution in [2.24, 2.45) is 5.41 Å². The first kappa shape index (κ1) is 26.7. The predicted octanol–water partition coefficient (Wildman–Crippen LogP) is 6.26. The third kappa shape index (κ3) is 5.76. The molecule has 39 heavy (non-hydrogen) atoms. The van der Waals surface area contributed by atoms with E-state index in [9.17, 15) is 9.90 Å². The number of ether oxygens (including phenoxy) is 3. The molecule has 202 valence electrons. The van der Waals surface area contributed by atoms with Gasteiger partial charge in [0.05, 0.1) is 32.2 Å². The number of carboxylic acids is 1. The van der Waals surface area contributed by atoms with E-state index in [4.69, 9.17) is 14.2 Å². The van der Waals surface area contributed by atoms with Crippen molar-refractivity contribution >= 4 is 5.97 Å². The molecule has 0 radical (unpaired) electrons. The Morgan fingerprint density at radius 1 is 1.18 bits per heavy atom. The number of aromatic nitrogens is 1. The summed E-state index contributed by atoms with van der Waals surface area (Å²) >= 11 is 0. The smallest absolute Gasteiger partial charge is 0.304 e. The van der Waals surface area contributed by atoms with Crippen molar-refractivity contribution in [3.8, 4) is 34.6 Å². The van der Waals surface area contributed by atoms with E-state index in [0.29, 0.717) is 49.9 Å². The number of nitrogens with zero attached hydrogens (tertiary/aromatic N) is 1. The van der Waals surface area contributed by atoms with Crippen LogP contribution in [0.15, 0.2) is 48.5 Å². The summed E-state index contributed by atoms with van der Waals surface area (Å²) in [6, 6.07) is 14.4. The minimum absolute atomic E-state index is 0.0329. The first-order valence-corrected chi connectivity index (χ1v) is 13.2. The van der Waals surface area contributed by atoms with Crippen molar-refractivity contribution in [1.29, 1.82) is 0 Å². The molecule has 2 atom stereocenters. The average molecular weight is 530 g/mol. The topological polar surface area (TPSA) is 77.9 Å². The van der Waals surface area contributed by atoms with Gasteiger partial charge < -0.3 is 19.3 Å². The summed E-state index contributed by atoms with van der Waals surface area (Å²) in [7, 11) is 0. The van der Waals surface area contributed by atoms with E-state index < -0.39 is 18.0 Å². The van der Waals surface area contributed by atoms with Gasteiger partial charge in [-0.15, -0.1) is 5.92 Å². The quantitative estimate of drug-likeness (QED) is 0.330. The van der Waals surface area contributed by atoms with Gasteiger partial charge >= 0.3 is 5.97 Å². The molecule has 2 aliphatic rings. The van der Waals surface area contributed by atoms with E-state index in [0.717, 1.165) is 27.9 Å². The van der Waals surface area contributed by atoms with Crippen LogP contribution in [0.5, 0.6) is 11.6 Å². The molecule has 2 aromatic carbocycles. The highest BCUT2D eigenvalue weighted by atomic mass is 19.1. The molecule has 1 aliphatic carbocycles.